The van der Waals surface area contributed by atoms with E-state index in [-0.39, 0.29) is 0 Å². The zero-order valence-corrected chi connectivity index (χ0v) is 10.2. The van der Waals surface area contributed by atoms with Gasteiger partial charge in [-0.1, -0.05) is 0 Å². The fraction of sp³-hybridized carbons (Fsp3) is 0. The molecule has 0 unspecified atom stereocenters. The predicted molar refractivity (Wildman–Crippen MR) is 61.2 cm³/mol. The summed E-state index contributed by atoms with van der Waals surface area (Å²) in [6.45, 7) is 0. The molecule has 0 radical (unpaired) electrons. The van der Waals surface area contributed by atoms with Crippen LogP contribution in [0.25, 0.3) is 0 Å². The van der Waals surface area contributed by atoms with Crippen molar-refractivity contribution < 1.29 is 10.4 Å². The second-order valence-corrected chi connectivity index (χ2v) is 9.05. The summed E-state index contributed by atoms with van der Waals surface area (Å²) in [5.41, 5.74) is 0. The maximum atomic E-state index is 14.1. The first kappa shape index (κ1) is 11.3. The van der Waals surface area contributed by atoms with E-state index in [2.05, 4.69) is 0 Å². The molecule has 2 aromatic rings. The second kappa shape index (κ2) is 3.67. The molecule has 0 aliphatic heterocycles. The van der Waals surface area contributed by atoms with E-state index < -0.39 is 22.6 Å². The van der Waals surface area contributed by atoms with Crippen LogP contribution in [-0.2, 0) is 0 Å². The number of benzene rings is 2. The Morgan fingerprint density at radius 3 is 1.19 bits per heavy atom. The molecular formula is C12H10AsF3. The standard InChI is InChI=1S/C12H10AsF3/c14-13(15,16,11-7-3-1-4-8-11)12-9-5-2-6-10-12/h1-10H. The average Bonchev–Trinajstić information content (AvgIpc) is 2.31. The molecule has 0 amide bonds. The minimum absolute atomic E-state index is 0.479. The Bertz CT molecular complexity index is 430. The van der Waals surface area contributed by atoms with Crippen molar-refractivity contribution in [1.29, 1.82) is 0 Å². The molecule has 0 saturated heterocycles. The third-order valence-corrected chi connectivity index (χ3v) is 7.15. The van der Waals surface area contributed by atoms with E-state index in [1.54, 1.807) is 12.1 Å². The molecule has 0 aromatic heterocycles. The first-order chi connectivity index (χ1) is 7.49. The van der Waals surface area contributed by atoms with Crippen LogP contribution < -0.4 is 8.70 Å². The van der Waals surface area contributed by atoms with Crippen molar-refractivity contribution in [1.82, 2.24) is 0 Å². The van der Waals surface area contributed by atoms with Crippen molar-refractivity contribution >= 4 is 22.6 Å². The van der Waals surface area contributed by atoms with Gasteiger partial charge in [0.05, 0.1) is 0 Å². The van der Waals surface area contributed by atoms with Gasteiger partial charge in [-0.25, -0.2) is 0 Å². The van der Waals surface area contributed by atoms with Crippen molar-refractivity contribution in [2.75, 3.05) is 0 Å². The Morgan fingerprint density at radius 2 is 0.875 bits per heavy atom. The zero-order valence-electron chi connectivity index (χ0n) is 8.35. The molecule has 0 fully saturated rings. The quantitative estimate of drug-likeness (QED) is 0.744. The van der Waals surface area contributed by atoms with Crippen LogP contribution in [0.4, 0.5) is 10.4 Å². The van der Waals surface area contributed by atoms with Crippen molar-refractivity contribution in [2.45, 2.75) is 0 Å². The maximum absolute atomic E-state index is 14.1. The van der Waals surface area contributed by atoms with Crippen LogP contribution in [0.5, 0.6) is 0 Å². The Morgan fingerprint density at radius 1 is 0.562 bits per heavy atom. The van der Waals surface area contributed by atoms with Crippen LogP contribution in [-0.4, -0.2) is 13.9 Å². The van der Waals surface area contributed by atoms with Gasteiger partial charge in [0.2, 0.25) is 0 Å². The SMILES string of the molecule is F[As](F)(F)(c1ccccc1)c1ccccc1. The van der Waals surface area contributed by atoms with E-state index in [4.69, 9.17) is 0 Å². The van der Waals surface area contributed by atoms with Crippen molar-refractivity contribution in [3.05, 3.63) is 60.7 Å². The van der Waals surface area contributed by atoms with Gasteiger partial charge in [0, 0.05) is 0 Å². The summed E-state index contributed by atoms with van der Waals surface area (Å²) in [5, 5.41) is 0. The normalized spacial score (nSPS) is 14.1. The Labute approximate surface area is 93.9 Å². The number of hydrogen-bond acceptors (Lipinski definition) is 0. The van der Waals surface area contributed by atoms with Gasteiger partial charge in [-0.2, -0.15) is 0 Å². The summed E-state index contributed by atoms with van der Waals surface area (Å²) in [7, 11) is 0. The summed E-state index contributed by atoms with van der Waals surface area (Å²) in [6, 6.07) is 13.5. The molecule has 0 aliphatic rings. The fourth-order valence-electron chi connectivity index (χ4n) is 1.49. The molecule has 0 bridgehead atoms. The summed E-state index contributed by atoms with van der Waals surface area (Å²) in [5.74, 6) is 0. The molecule has 4 heteroatoms. The van der Waals surface area contributed by atoms with Gasteiger partial charge >= 0.3 is 93.6 Å². The molecular weight excluding hydrogens is 276 g/mol. The van der Waals surface area contributed by atoms with E-state index >= 15 is 0 Å². The molecule has 0 spiro atoms. The van der Waals surface area contributed by atoms with Gasteiger partial charge in [0.1, 0.15) is 0 Å². The Hall–Kier alpha value is -1.21. The van der Waals surface area contributed by atoms with E-state index in [0.717, 1.165) is 24.3 Å². The average molecular weight is 286 g/mol. The van der Waals surface area contributed by atoms with Crippen molar-refractivity contribution in [3.8, 4) is 0 Å². The molecule has 2 aromatic carbocycles. The molecule has 0 saturated carbocycles. The molecule has 16 heavy (non-hydrogen) atoms. The summed E-state index contributed by atoms with van der Waals surface area (Å²) in [6.07, 6.45) is 0. The topological polar surface area (TPSA) is 0 Å². The van der Waals surface area contributed by atoms with Crippen LogP contribution in [0.2, 0.25) is 0 Å². The van der Waals surface area contributed by atoms with E-state index in [1.807, 2.05) is 0 Å². The minimum atomic E-state index is -7.02. The number of rotatable bonds is 2. The molecule has 2 rings (SSSR count). The van der Waals surface area contributed by atoms with Crippen molar-refractivity contribution in [2.24, 2.45) is 0 Å². The second-order valence-electron chi connectivity index (χ2n) is 3.48. The van der Waals surface area contributed by atoms with Gasteiger partial charge < -0.3 is 0 Å². The van der Waals surface area contributed by atoms with Crippen LogP contribution in [0.15, 0.2) is 60.7 Å². The molecule has 0 N–H and O–H groups in total. The predicted octanol–water partition coefficient (Wildman–Crippen LogP) is 2.60. The zero-order chi connectivity index (χ0) is 11.7. The third-order valence-electron chi connectivity index (χ3n) is 2.36. The van der Waals surface area contributed by atoms with Gasteiger partial charge in [-0.05, 0) is 0 Å². The third kappa shape index (κ3) is 1.87. The summed E-state index contributed by atoms with van der Waals surface area (Å²) in [4.78, 5) is 0. The molecule has 84 valence electrons. The van der Waals surface area contributed by atoms with E-state index in [1.165, 1.54) is 24.3 Å². The molecule has 0 heterocycles. The van der Waals surface area contributed by atoms with Gasteiger partial charge in [-0.15, -0.1) is 0 Å². The first-order valence-electron chi connectivity index (χ1n) is 4.78. The Balaban J connectivity index is 2.60. The van der Waals surface area contributed by atoms with Crippen LogP contribution in [0.3, 0.4) is 0 Å². The van der Waals surface area contributed by atoms with Crippen LogP contribution in [0, 0.1) is 0 Å². The Kier molecular flexibility index (Phi) is 2.59. The van der Waals surface area contributed by atoms with Gasteiger partial charge in [0.15, 0.2) is 0 Å². The van der Waals surface area contributed by atoms with Crippen LogP contribution >= 0.6 is 0 Å². The van der Waals surface area contributed by atoms with E-state index in [9.17, 15) is 10.4 Å². The van der Waals surface area contributed by atoms with E-state index in [0.29, 0.717) is 0 Å². The van der Waals surface area contributed by atoms with Gasteiger partial charge in [0.25, 0.3) is 0 Å². The monoisotopic (exact) mass is 286 g/mol. The molecule has 0 atom stereocenters. The molecule has 0 aliphatic carbocycles. The van der Waals surface area contributed by atoms with Crippen molar-refractivity contribution in [3.63, 3.8) is 0 Å². The van der Waals surface area contributed by atoms with Crippen LogP contribution in [0.1, 0.15) is 0 Å². The fourth-order valence-corrected chi connectivity index (χ4v) is 4.88. The first-order valence-corrected chi connectivity index (χ1v) is 8.78. The summed E-state index contributed by atoms with van der Waals surface area (Å²) < 4.78 is 41.3. The molecule has 0 nitrogen and oxygen atoms in total. The number of hydrogen-bond donors (Lipinski definition) is 0. The summed E-state index contributed by atoms with van der Waals surface area (Å²) >= 11 is -7.02. The van der Waals surface area contributed by atoms with Gasteiger partial charge in [-0.3, -0.25) is 0 Å². The number of halogens is 3.